The molecule has 1 unspecified atom stereocenters. The van der Waals surface area contributed by atoms with E-state index in [-0.39, 0.29) is 13.2 Å². The molecule has 0 aromatic rings. The summed E-state index contributed by atoms with van der Waals surface area (Å²) in [5.41, 5.74) is -0.529. The van der Waals surface area contributed by atoms with Crippen molar-refractivity contribution < 1.29 is 18.1 Å². The fraction of sp³-hybridized carbons (Fsp3) is 1.00. The van der Waals surface area contributed by atoms with Crippen LogP contribution in [0.2, 0.25) is 0 Å². The maximum Gasteiger partial charge on any atom is 0.268 e. The number of hydrogen-bond donors (Lipinski definition) is 3. The summed E-state index contributed by atoms with van der Waals surface area (Å²) in [4.78, 5) is 0. The average molecular weight is 211 g/mol. The maximum atomic E-state index is 10.6. The molecule has 0 aliphatic heterocycles. The molecule has 0 radical (unpaired) electrons. The van der Waals surface area contributed by atoms with Crippen molar-refractivity contribution in [3.05, 3.63) is 0 Å². The summed E-state index contributed by atoms with van der Waals surface area (Å²) in [6.45, 7) is 4.90. The van der Waals surface area contributed by atoms with E-state index in [0.717, 1.165) is 0 Å². The zero-order chi connectivity index (χ0) is 10.7. The van der Waals surface area contributed by atoms with Gasteiger partial charge in [0.25, 0.3) is 10.1 Å². The lowest BCUT2D eigenvalue weighted by Gasteiger charge is -2.24. The van der Waals surface area contributed by atoms with E-state index in [1.165, 1.54) is 6.92 Å². The van der Waals surface area contributed by atoms with Crippen molar-refractivity contribution >= 4 is 10.1 Å². The minimum atomic E-state index is -3.98. The van der Waals surface area contributed by atoms with Gasteiger partial charge < -0.3 is 10.4 Å². The Balaban J connectivity index is 4.05. The molecule has 0 aliphatic rings. The third-order valence-corrected chi connectivity index (χ3v) is 2.96. The molecule has 0 saturated carbocycles. The minimum absolute atomic E-state index is 0.0921. The van der Waals surface area contributed by atoms with Gasteiger partial charge in [-0.2, -0.15) is 8.42 Å². The highest BCUT2D eigenvalue weighted by atomic mass is 32.2. The molecular formula is C7H17NO4S. The Bertz CT molecular complexity index is 247. The summed E-state index contributed by atoms with van der Waals surface area (Å²) in [7, 11) is -3.98. The zero-order valence-electron chi connectivity index (χ0n) is 8.11. The molecule has 0 heterocycles. The molecule has 80 valence electrons. The van der Waals surface area contributed by atoms with Crippen LogP contribution in [0.3, 0.4) is 0 Å². The molecule has 0 amide bonds. The van der Waals surface area contributed by atoms with Crippen molar-refractivity contribution in [2.45, 2.75) is 31.6 Å². The van der Waals surface area contributed by atoms with Gasteiger partial charge in [0, 0.05) is 12.1 Å². The Hall–Kier alpha value is -0.170. The lowest BCUT2D eigenvalue weighted by atomic mass is 10.1. The Labute approximate surface area is 78.9 Å². The first-order valence-electron chi connectivity index (χ1n) is 4.01. The summed E-state index contributed by atoms with van der Waals surface area (Å²) in [5.74, 6) is 0. The highest BCUT2D eigenvalue weighted by molar-refractivity contribution is 7.86. The molecule has 0 saturated heterocycles. The second kappa shape index (κ2) is 4.36. The maximum absolute atomic E-state index is 10.6. The van der Waals surface area contributed by atoms with E-state index in [1.54, 1.807) is 13.8 Å². The van der Waals surface area contributed by atoms with Crippen LogP contribution in [-0.4, -0.2) is 42.0 Å². The van der Waals surface area contributed by atoms with E-state index in [2.05, 4.69) is 5.32 Å². The van der Waals surface area contributed by atoms with Crippen molar-refractivity contribution in [3.63, 3.8) is 0 Å². The van der Waals surface area contributed by atoms with E-state index in [1.807, 2.05) is 0 Å². The molecule has 1 atom stereocenters. The molecule has 0 aliphatic carbocycles. The first kappa shape index (κ1) is 12.8. The molecule has 6 heteroatoms. The first-order valence-corrected chi connectivity index (χ1v) is 5.51. The number of hydrogen-bond acceptors (Lipinski definition) is 4. The van der Waals surface area contributed by atoms with Crippen LogP contribution in [0, 0.1) is 0 Å². The third-order valence-electron chi connectivity index (χ3n) is 1.77. The summed E-state index contributed by atoms with van der Waals surface area (Å²) < 4.78 is 29.8. The van der Waals surface area contributed by atoms with Gasteiger partial charge in [-0.3, -0.25) is 4.55 Å². The van der Waals surface area contributed by atoms with Gasteiger partial charge in [0.05, 0.1) is 11.9 Å². The van der Waals surface area contributed by atoms with E-state index >= 15 is 0 Å². The molecule has 0 rings (SSSR count). The predicted molar refractivity (Wildman–Crippen MR) is 50.2 cm³/mol. The molecule has 0 fully saturated rings. The highest BCUT2D eigenvalue weighted by Gasteiger charge is 2.21. The lowest BCUT2D eigenvalue weighted by Crippen LogP contribution is -2.46. The van der Waals surface area contributed by atoms with E-state index in [9.17, 15) is 8.42 Å². The molecule has 13 heavy (non-hydrogen) atoms. The van der Waals surface area contributed by atoms with Gasteiger partial charge in [-0.15, -0.1) is 0 Å². The Morgan fingerprint density at radius 3 is 2.23 bits per heavy atom. The second-order valence-corrected chi connectivity index (χ2v) is 5.58. The van der Waals surface area contributed by atoms with Gasteiger partial charge in [0.15, 0.2) is 0 Å². The van der Waals surface area contributed by atoms with Gasteiger partial charge >= 0.3 is 0 Å². The fourth-order valence-electron chi connectivity index (χ4n) is 0.581. The first-order chi connectivity index (χ1) is 5.69. The molecule has 0 aromatic carbocycles. The van der Waals surface area contributed by atoms with Crippen LogP contribution in [0.5, 0.6) is 0 Å². The standard InChI is InChI=1S/C7H17NO4S/c1-6(13(10,11)12)4-8-7(2,3)5-9/h6,8-9H,4-5H2,1-3H3,(H,10,11,12). The highest BCUT2D eigenvalue weighted by Crippen LogP contribution is 2.02. The smallest absolute Gasteiger partial charge is 0.268 e. The van der Waals surface area contributed by atoms with Crippen LogP contribution in [0.25, 0.3) is 0 Å². The van der Waals surface area contributed by atoms with Crippen molar-refractivity contribution in [2.75, 3.05) is 13.2 Å². The normalized spacial score (nSPS) is 15.8. The van der Waals surface area contributed by atoms with Gasteiger partial charge in [-0.1, -0.05) is 0 Å². The molecule has 3 N–H and O–H groups in total. The van der Waals surface area contributed by atoms with E-state index < -0.39 is 20.9 Å². The van der Waals surface area contributed by atoms with Crippen LogP contribution in [-0.2, 0) is 10.1 Å². The third kappa shape index (κ3) is 5.20. The molecule has 0 bridgehead atoms. The number of aliphatic hydroxyl groups is 1. The number of aliphatic hydroxyl groups excluding tert-OH is 1. The molecular weight excluding hydrogens is 194 g/mol. The van der Waals surface area contributed by atoms with Gasteiger partial charge in [-0.05, 0) is 20.8 Å². The lowest BCUT2D eigenvalue weighted by molar-refractivity contribution is 0.189. The van der Waals surface area contributed by atoms with Crippen molar-refractivity contribution in [3.8, 4) is 0 Å². The second-order valence-electron chi connectivity index (χ2n) is 3.75. The monoisotopic (exact) mass is 211 g/mol. The molecule has 0 spiro atoms. The van der Waals surface area contributed by atoms with Crippen LogP contribution in [0.1, 0.15) is 20.8 Å². The van der Waals surface area contributed by atoms with E-state index in [0.29, 0.717) is 0 Å². The SMILES string of the molecule is CC(CNC(C)(C)CO)S(=O)(=O)O. The topological polar surface area (TPSA) is 86.6 Å². The number of rotatable bonds is 5. The predicted octanol–water partition coefficient (Wildman–Crippen LogP) is -0.377. The van der Waals surface area contributed by atoms with Crippen molar-refractivity contribution in [2.24, 2.45) is 0 Å². The van der Waals surface area contributed by atoms with Crippen LogP contribution in [0.15, 0.2) is 0 Å². The zero-order valence-corrected chi connectivity index (χ0v) is 8.93. The van der Waals surface area contributed by atoms with E-state index in [4.69, 9.17) is 9.66 Å². The average Bonchev–Trinajstić information content (AvgIpc) is 1.98. The minimum Gasteiger partial charge on any atom is -0.394 e. The van der Waals surface area contributed by atoms with Gasteiger partial charge in [-0.25, -0.2) is 0 Å². The summed E-state index contributed by atoms with van der Waals surface area (Å²) >= 11 is 0. The summed E-state index contributed by atoms with van der Waals surface area (Å²) in [6, 6.07) is 0. The Morgan fingerprint density at radius 1 is 1.46 bits per heavy atom. The van der Waals surface area contributed by atoms with Crippen molar-refractivity contribution in [1.29, 1.82) is 0 Å². The Kier molecular flexibility index (Phi) is 4.31. The molecule has 0 aromatic heterocycles. The summed E-state index contributed by atoms with van der Waals surface area (Å²) in [5, 5.41) is 10.8. The van der Waals surface area contributed by atoms with Gasteiger partial charge in [0.2, 0.25) is 0 Å². The van der Waals surface area contributed by atoms with Crippen molar-refractivity contribution in [1.82, 2.24) is 5.32 Å². The molecule has 5 nitrogen and oxygen atoms in total. The van der Waals surface area contributed by atoms with Crippen LogP contribution < -0.4 is 5.32 Å². The Morgan fingerprint density at radius 2 is 1.92 bits per heavy atom. The summed E-state index contributed by atoms with van der Waals surface area (Å²) in [6.07, 6.45) is 0. The fourth-order valence-corrected chi connectivity index (χ4v) is 0.875. The largest absolute Gasteiger partial charge is 0.394 e. The van der Waals surface area contributed by atoms with Gasteiger partial charge in [0.1, 0.15) is 0 Å². The number of nitrogens with one attached hydrogen (secondary N) is 1. The van der Waals surface area contributed by atoms with Crippen LogP contribution >= 0.6 is 0 Å². The van der Waals surface area contributed by atoms with Crippen LogP contribution in [0.4, 0.5) is 0 Å². The quantitative estimate of drug-likeness (QED) is 0.540.